The number of esters is 1. The zero-order valence-electron chi connectivity index (χ0n) is 18.9. The average Bonchev–Trinajstić information content (AvgIpc) is 3.24. The van der Waals surface area contributed by atoms with Gasteiger partial charge in [0.25, 0.3) is 0 Å². The van der Waals surface area contributed by atoms with Gasteiger partial charge in [0.05, 0.1) is 24.5 Å². The number of hydrogen-bond acceptors (Lipinski definition) is 6. The molecule has 3 aliphatic rings. The maximum absolute atomic E-state index is 13.6. The van der Waals surface area contributed by atoms with Crippen molar-refractivity contribution in [2.24, 2.45) is 11.8 Å². The molecule has 0 saturated carbocycles. The number of halogens is 1. The average molecular weight is 503 g/mol. The number of unbranched alkanes of at least 4 members (excludes halogenated alkanes) is 3. The molecule has 6 atom stereocenters. The summed E-state index contributed by atoms with van der Waals surface area (Å²) in [4.78, 5) is 41.3. The smallest absolute Gasteiger partial charge is 0.312 e. The minimum Gasteiger partial charge on any atom is -0.466 e. The van der Waals surface area contributed by atoms with E-state index >= 15 is 0 Å². The molecule has 0 radical (unpaired) electrons. The molecule has 3 saturated heterocycles. The summed E-state index contributed by atoms with van der Waals surface area (Å²) in [6, 6.07) is -0.786. The number of nitrogens with one attached hydrogen (secondary N) is 1. The van der Waals surface area contributed by atoms with E-state index in [9.17, 15) is 14.4 Å². The summed E-state index contributed by atoms with van der Waals surface area (Å²) in [5.74, 6) is -2.30. The van der Waals surface area contributed by atoms with E-state index in [1.54, 1.807) is 11.8 Å². The van der Waals surface area contributed by atoms with Gasteiger partial charge >= 0.3 is 5.97 Å². The van der Waals surface area contributed by atoms with Crippen molar-refractivity contribution in [2.45, 2.75) is 87.9 Å². The van der Waals surface area contributed by atoms with Crippen molar-refractivity contribution in [3.05, 3.63) is 0 Å². The quantitative estimate of drug-likeness (QED) is 0.282. The first-order chi connectivity index (χ1) is 14.6. The number of aliphatic hydroxyl groups is 1. The van der Waals surface area contributed by atoms with Crippen LogP contribution in [-0.2, 0) is 23.9 Å². The van der Waals surface area contributed by atoms with Gasteiger partial charge in [-0.25, -0.2) is 0 Å². The van der Waals surface area contributed by atoms with E-state index in [4.69, 9.17) is 14.6 Å². The van der Waals surface area contributed by atoms with Crippen molar-refractivity contribution in [3.8, 4) is 0 Å². The molecule has 9 heteroatoms. The molecular weight excluding hydrogens is 468 g/mol. The number of aliphatic hydroxyl groups excluding tert-OH is 1. The van der Waals surface area contributed by atoms with Crippen LogP contribution in [0.15, 0.2) is 0 Å². The number of carbonyl (C=O) groups is 3. The number of ether oxygens (including phenoxy) is 2. The molecule has 176 valence electrons. The number of amides is 2. The number of likely N-dealkylation sites (tertiary alicyclic amines) is 1. The molecule has 2 N–H and O–H groups in total. The summed E-state index contributed by atoms with van der Waals surface area (Å²) >= 11 is 3.63. The Bertz CT molecular complexity index is 711. The molecule has 0 aromatic carbocycles. The van der Waals surface area contributed by atoms with E-state index < -0.39 is 41.1 Å². The first kappa shape index (κ1) is 24.5. The Hall–Kier alpha value is -1.19. The minimum atomic E-state index is -1.03. The lowest BCUT2D eigenvalue weighted by Crippen LogP contribution is -2.58. The molecule has 1 unspecified atom stereocenters. The third-order valence-corrected chi connectivity index (χ3v) is 7.25. The highest BCUT2D eigenvalue weighted by molar-refractivity contribution is 9.09. The van der Waals surface area contributed by atoms with Crippen molar-refractivity contribution >= 4 is 33.7 Å². The van der Waals surface area contributed by atoms with Crippen molar-refractivity contribution in [1.82, 2.24) is 10.2 Å². The first-order valence-corrected chi connectivity index (χ1v) is 12.2. The molecule has 3 heterocycles. The van der Waals surface area contributed by atoms with Crippen LogP contribution in [-0.4, -0.2) is 75.7 Å². The number of nitrogens with zero attached hydrogens (tertiary/aromatic N) is 1. The fourth-order valence-electron chi connectivity index (χ4n) is 5.36. The van der Waals surface area contributed by atoms with Crippen molar-refractivity contribution in [1.29, 1.82) is 0 Å². The van der Waals surface area contributed by atoms with Crippen molar-refractivity contribution in [2.75, 3.05) is 19.8 Å². The van der Waals surface area contributed by atoms with E-state index in [-0.39, 0.29) is 29.9 Å². The van der Waals surface area contributed by atoms with E-state index in [1.165, 1.54) is 0 Å². The topological polar surface area (TPSA) is 105 Å². The van der Waals surface area contributed by atoms with Gasteiger partial charge in [0.2, 0.25) is 11.8 Å². The van der Waals surface area contributed by atoms with Crippen LogP contribution in [0.4, 0.5) is 0 Å². The monoisotopic (exact) mass is 502 g/mol. The number of rotatable bonds is 9. The van der Waals surface area contributed by atoms with Gasteiger partial charge in [-0.05, 0) is 47.0 Å². The van der Waals surface area contributed by atoms with Crippen LogP contribution < -0.4 is 5.32 Å². The normalized spacial score (nSPS) is 34.2. The Morgan fingerprint density at radius 3 is 2.58 bits per heavy atom. The van der Waals surface area contributed by atoms with Gasteiger partial charge in [-0.2, -0.15) is 0 Å². The third kappa shape index (κ3) is 4.50. The molecule has 2 amide bonds. The highest BCUT2D eigenvalue weighted by Crippen LogP contribution is 2.60. The SMILES string of the molecule is CCOC(=O)[C@@H]1[C@H]2O[C@@]3(CC2Br)[C@H](C(=O)NC(C)(C)C)N(CCCCCCO)C(=O)[C@@H]13. The van der Waals surface area contributed by atoms with Crippen LogP contribution in [0.1, 0.15) is 59.8 Å². The zero-order chi connectivity index (χ0) is 23.0. The fourth-order valence-corrected chi connectivity index (χ4v) is 6.31. The van der Waals surface area contributed by atoms with Crippen molar-refractivity contribution < 1.29 is 29.0 Å². The molecule has 0 aromatic rings. The van der Waals surface area contributed by atoms with Crippen molar-refractivity contribution in [3.63, 3.8) is 0 Å². The molecule has 2 bridgehead atoms. The van der Waals surface area contributed by atoms with Gasteiger partial charge in [-0.15, -0.1) is 0 Å². The Morgan fingerprint density at radius 1 is 1.29 bits per heavy atom. The summed E-state index contributed by atoms with van der Waals surface area (Å²) in [7, 11) is 0. The lowest BCUT2D eigenvalue weighted by molar-refractivity contribution is -0.154. The van der Waals surface area contributed by atoms with Crippen LogP contribution in [0, 0.1) is 11.8 Å². The van der Waals surface area contributed by atoms with Gasteiger partial charge in [-0.3, -0.25) is 14.4 Å². The molecule has 31 heavy (non-hydrogen) atoms. The standard InChI is InChI=1S/C22H35BrN2O6/c1-5-30-20(29)14-15-19(28)25(10-8-6-7-9-11-26)17(18(27)24-21(2,3)4)22(15)12-13(23)16(14)31-22/h13-17,26H,5-12H2,1-4H3,(H,24,27)/t13?,14-,15+,16-,17-,22+/m0/s1. The number of fused-ring (bicyclic) bond motifs is 1. The van der Waals surface area contributed by atoms with Crippen LogP contribution in [0.2, 0.25) is 0 Å². The lowest BCUT2D eigenvalue weighted by atomic mass is 9.70. The first-order valence-electron chi connectivity index (χ1n) is 11.3. The Kier molecular flexibility index (Phi) is 7.38. The Morgan fingerprint density at radius 2 is 1.97 bits per heavy atom. The zero-order valence-corrected chi connectivity index (χ0v) is 20.4. The lowest BCUT2D eigenvalue weighted by Gasteiger charge is -2.35. The van der Waals surface area contributed by atoms with Crippen LogP contribution >= 0.6 is 15.9 Å². The van der Waals surface area contributed by atoms with Gasteiger partial charge in [-0.1, -0.05) is 28.8 Å². The predicted octanol–water partition coefficient (Wildman–Crippen LogP) is 1.76. The van der Waals surface area contributed by atoms with E-state index in [0.717, 1.165) is 25.7 Å². The van der Waals surface area contributed by atoms with E-state index in [2.05, 4.69) is 21.2 Å². The maximum atomic E-state index is 13.6. The fraction of sp³-hybridized carbons (Fsp3) is 0.864. The highest BCUT2D eigenvalue weighted by atomic mass is 79.9. The Labute approximate surface area is 192 Å². The second-order valence-corrected chi connectivity index (χ2v) is 11.0. The number of hydrogen-bond donors (Lipinski definition) is 2. The van der Waals surface area contributed by atoms with Gasteiger partial charge in [0.15, 0.2) is 0 Å². The number of alkyl halides is 1. The molecule has 1 spiro atoms. The molecule has 8 nitrogen and oxygen atoms in total. The van der Waals surface area contributed by atoms with Crippen LogP contribution in [0.3, 0.4) is 0 Å². The van der Waals surface area contributed by atoms with Gasteiger partial charge in [0, 0.05) is 23.5 Å². The second kappa shape index (κ2) is 9.35. The molecule has 3 aliphatic heterocycles. The molecule has 0 aliphatic carbocycles. The largest absolute Gasteiger partial charge is 0.466 e. The van der Waals surface area contributed by atoms with Crippen LogP contribution in [0.25, 0.3) is 0 Å². The van der Waals surface area contributed by atoms with Crippen LogP contribution in [0.5, 0.6) is 0 Å². The molecule has 3 fully saturated rings. The Balaban J connectivity index is 1.91. The summed E-state index contributed by atoms with van der Waals surface area (Å²) in [5.41, 5.74) is -1.50. The summed E-state index contributed by atoms with van der Waals surface area (Å²) in [6.45, 7) is 8.23. The number of carbonyl (C=O) groups excluding carboxylic acids is 3. The van der Waals surface area contributed by atoms with E-state index in [0.29, 0.717) is 13.0 Å². The summed E-state index contributed by atoms with van der Waals surface area (Å²) in [5, 5.41) is 12.0. The molecule has 3 rings (SSSR count). The molecular formula is C22H35BrN2O6. The summed E-state index contributed by atoms with van der Waals surface area (Å²) < 4.78 is 11.6. The second-order valence-electron chi connectivity index (χ2n) is 9.82. The van der Waals surface area contributed by atoms with E-state index in [1.807, 2.05) is 20.8 Å². The summed E-state index contributed by atoms with van der Waals surface area (Å²) in [6.07, 6.45) is 3.16. The molecule has 0 aromatic heterocycles. The maximum Gasteiger partial charge on any atom is 0.312 e. The van der Waals surface area contributed by atoms with Gasteiger partial charge in [0.1, 0.15) is 11.6 Å². The minimum absolute atomic E-state index is 0.125. The third-order valence-electron chi connectivity index (χ3n) is 6.40. The van der Waals surface area contributed by atoms with Gasteiger partial charge < -0.3 is 24.8 Å². The highest BCUT2D eigenvalue weighted by Gasteiger charge is 2.76. The predicted molar refractivity (Wildman–Crippen MR) is 117 cm³/mol.